The van der Waals surface area contributed by atoms with Crippen molar-refractivity contribution in [1.82, 2.24) is 0 Å². The van der Waals surface area contributed by atoms with Crippen LogP contribution in [-0.4, -0.2) is 18.1 Å². The molecule has 0 amide bonds. The molecule has 0 atom stereocenters. The maximum absolute atomic E-state index is 11.1. The largest absolute Gasteiger partial charge is 0.379 e. The number of nitro benzene ring substituents is 1. The van der Waals surface area contributed by atoms with Gasteiger partial charge in [0.1, 0.15) is 5.69 Å². The standard InChI is InChI=1S/C15H22N2O3/c1-2-9-16-15-13(4-3-5-14(15)17(18)19)11-20-10-8-12-6-7-12/h3-5,12,16H,2,6-11H2,1H3. The predicted molar refractivity (Wildman–Crippen MR) is 78.9 cm³/mol. The maximum atomic E-state index is 11.1. The molecule has 0 radical (unpaired) electrons. The van der Waals surface area contributed by atoms with Crippen molar-refractivity contribution in [3.63, 3.8) is 0 Å². The highest BCUT2D eigenvalue weighted by Crippen LogP contribution is 2.32. The molecule has 1 aromatic rings. The molecule has 5 heteroatoms. The van der Waals surface area contributed by atoms with Crippen LogP contribution in [0.2, 0.25) is 0 Å². The minimum Gasteiger partial charge on any atom is -0.379 e. The van der Waals surface area contributed by atoms with E-state index in [0.29, 0.717) is 12.3 Å². The molecular formula is C15H22N2O3. The van der Waals surface area contributed by atoms with E-state index in [1.807, 2.05) is 13.0 Å². The Morgan fingerprint density at radius 2 is 2.25 bits per heavy atom. The summed E-state index contributed by atoms with van der Waals surface area (Å²) in [6.45, 7) is 3.93. The molecule has 1 aromatic carbocycles. The van der Waals surface area contributed by atoms with Gasteiger partial charge in [-0.25, -0.2) is 0 Å². The molecule has 110 valence electrons. The second kappa shape index (κ2) is 7.24. The quantitative estimate of drug-likeness (QED) is 0.424. The Kier molecular flexibility index (Phi) is 5.35. The summed E-state index contributed by atoms with van der Waals surface area (Å²) in [7, 11) is 0. The molecular weight excluding hydrogens is 256 g/mol. The number of hydrogen-bond acceptors (Lipinski definition) is 4. The predicted octanol–water partition coefficient (Wildman–Crippen LogP) is 3.73. The monoisotopic (exact) mass is 278 g/mol. The van der Waals surface area contributed by atoms with Crippen molar-refractivity contribution in [2.75, 3.05) is 18.5 Å². The molecule has 0 aromatic heterocycles. The van der Waals surface area contributed by atoms with Crippen LogP contribution in [0.3, 0.4) is 0 Å². The van der Waals surface area contributed by atoms with Gasteiger partial charge in [0.05, 0.1) is 11.5 Å². The molecule has 0 unspecified atom stereocenters. The molecule has 0 spiro atoms. The fraction of sp³-hybridized carbons (Fsp3) is 0.600. The first kappa shape index (κ1) is 14.8. The average Bonchev–Trinajstić information content (AvgIpc) is 3.25. The van der Waals surface area contributed by atoms with Gasteiger partial charge < -0.3 is 10.1 Å². The first-order valence-corrected chi connectivity index (χ1v) is 7.30. The van der Waals surface area contributed by atoms with E-state index in [1.165, 1.54) is 18.9 Å². The van der Waals surface area contributed by atoms with Crippen LogP contribution < -0.4 is 5.32 Å². The lowest BCUT2D eigenvalue weighted by atomic mass is 10.1. The van der Waals surface area contributed by atoms with Crippen molar-refractivity contribution in [3.8, 4) is 0 Å². The van der Waals surface area contributed by atoms with E-state index in [4.69, 9.17) is 4.74 Å². The van der Waals surface area contributed by atoms with E-state index in [9.17, 15) is 10.1 Å². The number of anilines is 1. The zero-order valence-corrected chi connectivity index (χ0v) is 11.9. The lowest BCUT2D eigenvalue weighted by Gasteiger charge is -2.12. The molecule has 20 heavy (non-hydrogen) atoms. The highest BCUT2D eigenvalue weighted by atomic mass is 16.6. The third-order valence-corrected chi connectivity index (χ3v) is 3.50. The van der Waals surface area contributed by atoms with Gasteiger partial charge in [-0.1, -0.05) is 31.9 Å². The summed E-state index contributed by atoms with van der Waals surface area (Å²) in [5.41, 5.74) is 1.59. The van der Waals surface area contributed by atoms with Crippen LogP contribution >= 0.6 is 0 Å². The van der Waals surface area contributed by atoms with Crippen LogP contribution in [0.25, 0.3) is 0 Å². The Balaban J connectivity index is 2.00. The first-order valence-electron chi connectivity index (χ1n) is 7.30. The summed E-state index contributed by atoms with van der Waals surface area (Å²) in [6, 6.07) is 5.14. The number of nitrogens with zero attached hydrogens (tertiary/aromatic N) is 1. The molecule has 0 aliphatic heterocycles. The van der Waals surface area contributed by atoms with Crippen LogP contribution in [0.4, 0.5) is 11.4 Å². The van der Waals surface area contributed by atoms with Gasteiger partial charge in [0.2, 0.25) is 0 Å². The molecule has 0 saturated heterocycles. The lowest BCUT2D eigenvalue weighted by molar-refractivity contribution is -0.384. The summed E-state index contributed by atoms with van der Waals surface area (Å²) in [4.78, 5) is 10.7. The molecule has 1 N–H and O–H groups in total. The zero-order valence-electron chi connectivity index (χ0n) is 11.9. The Morgan fingerprint density at radius 1 is 1.45 bits per heavy atom. The summed E-state index contributed by atoms with van der Waals surface area (Å²) >= 11 is 0. The summed E-state index contributed by atoms with van der Waals surface area (Å²) in [6.07, 6.45) is 4.67. The molecule has 1 aliphatic rings. The number of para-hydroxylation sites is 1. The maximum Gasteiger partial charge on any atom is 0.292 e. The highest BCUT2D eigenvalue weighted by Gasteiger charge is 2.21. The van der Waals surface area contributed by atoms with Gasteiger partial charge in [-0.05, 0) is 18.8 Å². The second-order valence-electron chi connectivity index (χ2n) is 5.28. The van der Waals surface area contributed by atoms with Gasteiger partial charge in [0, 0.05) is 24.8 Å². The number of rotatable bonds is 9. The molecule has 0 bridgehead atoms. The van der Waals surface area contributed by atoms with Crippen LogP contribution in [0.5, 0.6) is 0 Å². The topological polar surface area (TPSA) is 64.4 Å². The number of ether oxygens (including phenoxy) is 1. The number of nitrogens with one attached hydrogen (secondary N) is 1. The molecule has 1 aliphatic carbocycles. The molecule has 2 rings (SSSR count). The van der Waals surface area contributed by atoms with Crippen LogP contribution in [0.1, 0.15) is 38.2 Å². The minimum absolute atomic E-state index is 0.127. The third-order valence-electron chi connectivity index (χ3n) is 3.50. The summed E-state index contributed by atoms with van der Waals surface area (Å²) in [5.74, 6) is 0.845. The Bertz CT molecular complexity index is 458. The Morgan fingerprint density at radius 3 is 2.90 bits per heavy atom. The number of benzene rings is 1. The molecule has 1 saturated carbocycles. The van der Waals surface area contributed by atoms with Crippen molar-refractivity contribution < 1.29 is 9.66 Å². The van der Waals surface area contributed by atoms with Gasteiger partial charge in [0.15, 0.2) is 0 Å². The van der Waals surface area contributed by atoms with Gasteiger partial charge in [0.25, 0.3) is 5.69 Å². The van der Waals surface area contributed by atoms with Crippen molar-refractivity contribution in [2.24, 2.45) is 5.92 Å². The fourth-order valence-electron chi connectivity index (χ4n) is 2.15. The van der Waals surface area contributed by atoms with Gasteiger partial charge in [-0.15, -0.1) is 0 Å². The number of nitro groups is 1. The van der Waals surface area contributed by atoms with Crippen molar-refractivity contribution >= 4 is 11.4 Å². The molecule has 1 fully saturated rings. The van der Waals surface area contributed by atoms with Crippen molar-refractivity contribution in [2.45, 2.75) is 39.2 Å². The average molecular weight is 278 g/mol. The Hall–Kier alpha value is -1.62. The number of hydrogen-bond donors (Lipinski definition) is 1. The van der Waals surface area contributed by atoms with Crippen molar-refractivity contribution in [3.05, 3.63) is 33.9 Å². The Labute approximate surface area is 119 Å². The minimum atomic E-state index is -0.342. The highest BCUT2D eigenvalue weighted by molar-refractivity contribution is 5.66. The zero-order chi connectivity index (χ0) is 14.4. The fourth-order valence-corrected chi connectivity index (χ4v) is 2.15. The van der Waals surface area contributed by atoms with Gasteiger partial charge >= 0.3 is 0 Å². The van der Waals surface area contributed by atoms with E-state index in [-0.39, 0.29) is 10.6 Å². The summed E-state index contributed by atoms with van der Waals surface area (Å²) in [5, 5.41) is 14.2. The van der Waals surface area contributed by atoms with Gasteiger partial charge in [-0.3, -0.25) is 10.1 Å². The summed E-state index contributed by atoms with van der Waals surface area (Å²) < 4.78 is 5.66. The smallest absolute Gasteiger partial charge is 0.292 e. The molecule has 5 nitrogen and oxygen atoms in total. The van der Waals surface area contributed by atoms with Crippen LogP contribution in [0.15, 0.2) is 18.2 Å². The van der Waals surface area contributed by atoms with E-state index in [2.05, 4.69) is 5.32 Å². The second-order valence-corrected chi connectivity index (χ2v) is 5.28. The lowest BCUT2D eigenvalue weighted by Crippen LogP contribution is -2.07. The van der Waals surface area contributed by atoms with E-state index >= 15 is 0 Å². The van der Waals surface area contributed by atoms with Crippen LogP contribution in [-0.2, 0) is 11.3 Å². The normalized spacial score (nSPS) is 14.2. The SMILES string of the molecule is CCCNc1c(COCCC2CC2)cccc1[N+](=O)[O-]. The van der Waals surface area contributed by atoms with E-state index in [1.54, 1.807) is 6.07 Å². The molecule has 0 heterocycles. The van der Waals surface area contributed by atoms with Crippen molar-refractivity contribution in [1.29, 1.82) is 0 Å². The third kappa shape index (κ3) is 4.20. The van der Waals surface area contributed by atoms with Gasteiger partial charge in [-0.2, -0.15) is 0 Å². The van der Waals surface area contributed by atoms with Crippen LogP contribution in [0, 0.1) is 16.0 Å². The van der Waals surface area contributed by atoms with E-state index in [0.717, 1.165) is 37.5 Å². The first-order chi connectivity index (χ1) is 9.72. The van der Waals surface area contributed by atoms with E-state index < -0.39 is 0 Å².